The number of hydrogen-bond acceptors (Lipinski definition) is 4. The zero-order valence-electron chi connectivity index (χ0n) is 15.0. The molecule has 1 aromatic carbocycles. The summed E-state index contributed by atoms with van der Waals surface area (Å²) in [6.07, 6.45) is 2.58. The van der Waals surface area contributed by atoms with E-state index in [0.29, 0.717) is 24.6 Å². The van der Waals surface area contributed by atoms with Gasteiger partial charge < -0.3 is 4.57 Å². The number of halogens is 2. The SMILES string of the molecule is Cn1c(C2CCN(S(=O)(=O)c3ccc(F)c(F)c3)CC2)cc(=O)n2nccc12. The van der Waals surface area contributed by atoms with Gasteiger partial charge in [-0.05, 0) is 31.0 Å². The largest absolute Gasteiger partial charge is 0.333 e. The molecule has 3 heterocycles. The van der Waals surface area contributed by atoms with E-state index in [4.69, 9.17) is 0 Å². The second-order valence-electron chi connectivity index (χ2n) is 6.82. The molecule has 0 amide bonds. The molecule has 1 saturated heterocycles. The summed E-state index contributed by atoms with van der Waals surface area (Å²) in [5, 5.41) is 3.99. The molecule has 0 radical (unpaired) electrons. The molecule has 3 aromatic rings. The number of nitrogens with zero attached hydrogens (tertiary/aromatic N) is 4. The molecule has 28 heavy (non-hydrogen) atoms. The molecule has 0 N–H and O–H groups in total. The van der Waals surface area contributed by atoms with Crippen molar-refractivity contribution in [3.05, 3.63) is 64.2 Å². The van der Waals surface area contributed by atoms with Crippen LogP contribution in [-0.4, -0.2) is 40.0 Å². The average Bonchev–Trinajstić information content (AvgIpc) is 3.18. The normalized spacial score (nSPS) is 16.7. The van der Waals surface area contributed by atoms with E-state index in [1.54, 1.807) is 12.3 Å². The molecule has 0 spiro atoms. The van der Waals surface area contributed by atoms with E-state index in [1.807, 2.05) is 11.6 Å². The lowest BCUT2D eigenvalue weighted by atomic mass is 9.94. The fraction of sp³-hybridized carbons (Fsp3) is 0.333. The number of benzene rings is 1. The van der Waals surface area contributed by atoms with Crippen LogP contribution in [-0.2, 0) is 17.1 Å². The summed E-state index contributed by atoms with van der Waals surface area (Å²) in [7, 11) is -2.06. The fourth-order valence-corrected chi connectivity index (χ4v) is 5.19. The van der Waals surface area contributed by atoms with Crippen LogP contribution < -0.4 is 5.56 Å². The van der Waals surface area contributed by atoms with Crippen LogP contribution in [0.25, 0.3) is 5.65 Å². The van der Waals surface area contributed by atoms with E-state index >= 15 is 0 Å². The average molecular weight is 408 g/mol. The number of sulfonamides is 1. The van der Waals surface area contributed by atoms with Gasteiger partial charge in [0.2, 0.25) is 10.0 Å². The van der Waals surface area contributed by atoms with Crippen LogP contribution in [0.15, 0.2) is 46.2 Å². The smallest absolute Gasteiger partial charge is 0.274 e. The maximum Gasteiger partial charge on any atom is 0.274 e. The third kappa shape index (κ3) is 3.02. The zero-order chi connectivity index (χ0) is 20.1. The Bertz CT molecular complexity index is 1210. The lowest BCUT2D eigenvalue weighted by molar-refractivity contribution is 0.313. The van der Waals surface area contributed by atoms with Crippen molar-refractivity contribution < 1.29 is 17.2 Å². The lowest BCUT2D eigenvalue weighted by Crippen LogP contribution is -2.38. The molecule has 2 aromatic heterocycles. The molecule has 0 atom stereocenters. The predicted octanol–water partition coefficient (Wildman–Crippen LogP) is 1.88. The van der Waals surface area contributed by atoms with Crippen molar-refractivity contribution >= 4 is 15.7 Å². The van der Waals surface area contributed by atoms with Gasteiger partial charge in [0.1, 0.15) is 5.65 Å². The zero-order valence-corrected chi connectivity index (χ0v) is 15.9. The van der Waals surface area contributed by atoms with E-state index in [2.05, 4.69) is 5.10 Å². The molecule has 0 aliphatic carbocycles. The topological polar surface area (TPSA) is 76.7 Å². The number of fused-ring (bicyclic) bond motifs is 1. The second-order valence-corrected chi connectivity index (χ2v) is 8.76. The van der Waals surface area contributed by atoms with Gasteiger partial charge in [-0.2, -0.15) is 13.9 Å². The number of aromatic nitrogens is 3. The molecular formula is C18H18F2N4O3S. The number of aryl methyl sites for hydroxylation is 1. The molecule has 1 fully saturated rings. The summed E-state index contributed by atoms with van der Waals surface area (Å²) in [4.78, 5) is 12.0. The Morgan fingerprint density at radius 2 is 1.79 bits per heavy atom. The highest BCUT2D eigenvalue weighted by Gasteiger charge is 2.31. The Kier molecular flexibility index (Phi) is 4.54. The van der Waals surface area contributed by atoms with Crippen molar-refractivity contribution in [3.8, 4) is 0 Å². The molecule has 1 aliphatic rings. The predicted molar refractivity (Wildman–Crippen MR) is 97.5 cm³/mol. The number of hydrogen-bond donors (Lipinski definition) is 0. The summed E-state index contributed by atoms with van der Waals surface area (Å²) in [5.74, 6) is -2.28. The van der Waals surface area contributed by atoms with E-state index in [9.17, 15) is 22.0 Å². The Hall–Kier alpha value is -2.59. The maximum atomic E-state index is 13.4. The monoisotopic (exact) mass is 408 g/mol. The molecule has 4 rings (SSSR count). The minimum atomic E-state index is -3.91. The van der Waals surface area contributed by atoms with Crippen LogP contribution in [0.4, 0.5) is 8.78 Å². The van der Waals surface area contributed by atoms with Crippen molar-refractivity contribution in [1.29, 1.82) is 0 Å². The van der Waals surface area contributed by atoms with Gasteiger partial charge >= 0.3 is 0 Å². The quantitative estimate of drug-likeness (QED) is 0.663. The lowest BCUT2D eigenvalue weighted by Gasteiger charge is -2.32. The van der Waals surface area contributed by atoms with Gasteiger partial charge in [0.15, 0.2) is 11.6 Å². The highest BCUT2D eigenvalue weighted by atomic mass is 32.2. The van der Waals surface area contributed by atoms with Gasteiger partial charge in [-0.1, -0.05) is 0 Å². The summed E-state index contributed by atoms with van der Waals surface area (Å²) >= 11 is 0. The molecule has 1 aliphatic heterocycles. The third-order valence-corrected chi connectivity index (χ3v) is 7.13. The minimum absolute atomic E-state index is 0.00834. The Labute approximate surface area is 159 Å². The molecular weight excluding hydrogens is 390 g/mol. The van der Waals surface area contributed by atoms with Gasteiger partial charge in [0, 0.05) is 43.9 Å². The molecule has 0 saturated carbocycles. The molecule has 0 bridgehead atoms. The molecule has 0 unspecified atom stereocenters. The Balaban J connectivity index is 1.57. The van der Waals surface area contributed by atoms with Gasteiger partial charge in [-0.3, -0.25) is 4.79 Å². The summed E-state index contributed by atoms with van der Waals surface area (Å²) < 4.78 is 56.5. The third-order valence-electron chi connectivity index (χ3n) is 5.23. The highest BCUT2D eigenvalue weighted by molar-refractivity contribution is 7.89. The van der Waals surface area contributed by atoms with Gasteiger partial charge in [-0.15, -0.1) is 0 Å². The van der Waals surface area contributed by atoms with Crippen LogP contribution >= 0.6 is 0 Å². The first-order valence-corrected chi connectivity index (χ1v) is 10.2. The Morgan fingerprint density at radius 3 is 2.46 bits per heavy atom. The Morgan fingerprint density at radius 1 is 1.07 bits per heavy atom. The molecule has 10 heteroatoms. The number of rotatable bonds is 3. The van der Waals surface area contributed by atoms with Crippen molar-refractivity contribution in [2.75, 3.05) is 13.1 Å². The molecule has 7 nitrogen and oxygen atoms in total. The van der Waals surface area contributed by atoms with Gasteiger partial charge in [0.05, 0.1) is 11.1 Å². The van der Waals surface area contributed by atoms with E-state index < -0.39 is 21.7 Å². The van der Waals surface area contributed by atoms with Crippen molar-refractivity contribution in [1.82, 2.24) is 18.5 Å². The standard InChI is InChI=1S/C18H18F2N4O3S/c1-22-16(11-18(25)24-17(22)4-7-21-24)12-5-8-23(9-6-12)28(26,27)13-2-3-14(19)15(20)10-13/h2-4,7,10-12H,5-6,8-9H2,1H3. The minimum Gasteiger partial charge on any atom is -0.333 e. The van der Waals surface area contributed by atoms with Crippen molar-refractivity contribution in [3.63, 3.8) is 0 Å². The maximum absolute atomic E-state index is 13.4. The van der Waals surface area contributed by atoms with Crippen molar-refractivity contribution in [2.45, 2.75) is 23.7 Å². The first-order valence-electron chi connectivity index (χ1n) is 8.78. The van der Waals surface area contributed by atoms with Crippen LogP contribution in [0.2, 0.25) is 0 Å². The van der Waals surface area contributed by atoms with Crippen LogP contribution in [0.3, 0.4) is 0 Å². The number of piperidine rings is 1. The van der Waals surface area contributed by atoms with Gasteiger partial charge in [0.25, 0.3) is 5.56 Å². The highest BCUT2D eigenvalue weighted by Crippen LogP contribution is 2.30. The first-order chi connectivity index (χ1) is 13.3. The molecule has 148 valence electrons. The van der Waals surface area contributed by atoms with E-state index in [0.717, 1.165) is 17.8 Å². The summed E-state index contributed by atoms with van der Waals surface area (Å²) in [6.45, 7) is 0.454. The van der Waals surface area contributed by atoms with E-state index in [-0.39, 0.29) is 29.5 Å². The summed E-state index contributed by atoms with van der Waals surface area (Å²) in [5.41, 5.74) is 1.26. The van der Waals surface area contributed by atoms with Gasteiger partial charge in [-0.25, -0.2) is 17.2 Å². The fourth-order valence-electron chi connectivity index (χ4n) is 3.71. The second kappa shape index (κ2) is 6.78. The summed E-state index contributed by atoms with van der Waals surface area (Å²) in [6, 6.07) is 5.86. The van der Waals surface area contributed by atoms with Crippen molar-refractivity contribution in [2.24, 2.45) is 7.05 Å². The van der Waals surface area contributed by atoms with E-state index in [1.165, 1.54) is 14.9 Å². The first kappa shape index (κ1) is 18.8. The van der Waals surface area contributed by atoms with Crippen LogP contribution in [0.1, 0.15) is 24.5 Å². The van der Waals surface area contributed by atoms with Crippen LogP contribution in [0, 0.1) is 11.6 Å². The van der Waals surface area contributed by atoms with Crippen LogP contribution in [0.5, 0.6) is 0 Å².